The molecule has 0 bridgehead atoms. The van der Waals surface area contributed by atoms with Crippen LogP contribution in [-0.4, -0.2) is 27.9 Å². The molecule has 0 saturated carbocycles. The predicted molar refractivity (Wildman–Crippen MR) is 105 cm³/mol. The molecule has 0 unspecified atom stereocenters. The first-order chi connectivity index (χ1) is 13.9. The van der Waals surface area contributed by atoms with Crippen LogP contribution in [0.25, 0.3) is 11.5 Å². The Morgan fingerprint density at radius 2 is 1.79 bits per heavy atom. The molecule has 0 aliphatic carbocycles. The molecule has 1 aliphatic heterocycles. The highest BCUT2D eigenvalue weighted by atomic mass is 16.4. The SMILES string of the molecule is Cc1ccc(C)c(-c2nnc(NC(=O)c3cccc(N4C(=O)CCC4=O)c3)o2)c1. The van der Waals surface area contributed by atoms with Gasteiger partial charge in [0.25, 0.3) is 5.91 Å². The summed E-state index contributed by atoms with van der Waals surface area (Å²) in [6.45, 7) is 3.90. The Morgan fingerprint density at radius 3 is 2.55 bits per heavy atom. The largest absolute Gasteiger partial charge is 0.403 e. The molecule has 1 fully saturated rings. The molecular formula is C21H18N4O4. The van der Waals surface area contributed by atoms with Crippen molar-refractivity contribution in [2.75, 3.05) is 10.2 Å². The molecule has 146 valence electrons. The van der Waals surface area contributed by atoms with Gasteiger partial charge in [-0.2, -0.15) is 0 Å². The molecule has 3 amide bonds. The van der Waals surface area contributed by atoms with Gasteiger partial charge in [-0.15, -0.1) is 5.10 Å². The summed E-state index contributed by atoms with van der Waals surface area (Å²) in [5, 5.41) is 10.4. The average molecular weight is 390 g/mol. The highest BCUT2D eigenvalue weighted by molar-refractivity contribution is 6.20. The molecule has 0 radical (unpaired) electrons. The monoisotopic (exact) mass is 390 g/mol. The highest BCUT2D eigenvalue weighted by Gasteiger charge is 2.30. The van der Waals surface area contributed by atoms with Crippen molar-refractivity contribution in [2.45, 2.75) is 26.7 Å². The van der Waals surface area contributed by atoms with Gasteiger partial charge in [0.15, 0.2) is 0 Å². The molecule has 0 spiro atoms. The van der Waals surface area contributed by atoms with E-state index in [1.807, 2.05) is 32.0 Å². The standard InChI is InChI=1S/C21H18N4O4/c1-12-6-7-13(2)16(10-12)20-23-24-21(29-20)22-19(28)14-4-3-5-15(11-14)25-17(26)8-9-18(25)27/h3-7,10-11H,8-9H2,1-2H3,(H,22,24,28). The van der Waals surface area contributed by atoms with Crippen molar-refractivity contribution in [3.05, 3.63) is 59.2 Å². The van der Waals surface area contributed by atoms with Crippen LogP contribution >= 0.6 is 0 Å². The Hall–Kier alpha value is -3.81. The summed E-state index contributed by atoms with van der Waals surface area (Å²) in [4.78, 5) is 37.5. The minimum atomic E-state index is -0.484. The van der Waals surface area contributed by atoms with Gasteiger partial charge in [-0.3, -0.25) is 24.6 Å². The summed E-state index contributed by atoms with van der Waals surface area (Å²) in [5.41, 5.74) is 3.46. The summed E-state index contributed by atoms with van der Waals surface area (Å²) in [6.07, 6.45) is 0.358. The Bertz CT molecular complexity index is 1120. The number of rotatable bonds is 4. The van der Waals surface area contributed by atoms with E-state index in [4.69, 9.17) is 4.42 Å². The lowest BCUT2D eigenvalue weighted by Gasteiger charge is -2.14. The van der Waals surface area contributed by atoms with Gasteiger partial charge >= 0.3 is 6.01 Å². The van der Waals surface area contributed by atoms with E-state index in [1.165, 1.54) is 6.07 Å². The first-order valence-corrected chi connectivity index (χ1v) is 9.11. The van der Waals surface area contributed by atoms with E-state index in [9.17, 15) is 14.4 Å². The molecule has 0 atom stereocenters. The Kier molecular flexibility index (Phi) is 4.67. The zero-order chi connectivity index (χ0) is 20.5. The number of hydrogen-bond acceptors (Lipinski definition) is 6. The number of aryl methyl sites for hydroxylation is 2. The van der Waals surface area contributed by atoms with E-state index in [-0.39, 0.29) is 36.2 Å². The van der Waals surface area contributed by atoms with Crippen LogP contribution in [-0.2, 0) is 9.59 Å². The van der Waals surface area contributed by atoms with Crippen LogP contribution in [0.2, 0.25) is 0 Å². The molecule has 1 saturated heterocycles. The van der Waals surface area contributed by atoms with Crippen LogP contribution in [0.4, 0.5) is 11.7 Å². The maximum Gasteiger partial charge on any atom is 0.322 e. The number of benzene rings is 2. The fourth-order valence-corrected chi connectivity index (χ4v) is 3.17. The van der Waals surface area contributed by atoms with Crippen molar-refractivity contribution >= 4 is 29.4 Å². The first kappa shape index (κ1) is 18.5. The summed E-state index contributed by atoms with van der Waals surface area (Å²) < 4.78 is 5.59. The van der Waals surface area contributed by atoms with Gasteiger partial charge in [0.1, 0.15) is 0 Å². The number of nitrogens with zero attached hydrogens (tertiary/aromatic N) is 3. The molecule has 2 aromatic carbocycles. The lowest BCUT2D eigenvalue weighted by molar-refractivity contribution is -0.121. The third kappa shape index (κ3) is 3.64. The number of carbonyl (C=O) groups is 3. The Balaban J connectivity index is 1.54. The molecule has 2 heterocycles. The van der Waals surface area contributed by atoms with Gasteiger partial charge in [-0.1, -0.05) is 28.9 Å². The maximum atomic E-state index is 12.6. The summed E-state index contributed by atoms with van der Waals surface area (Å²) >= 11 is 0. The number of carbonyl (C=O) groups excluding carboxylic acids is 3. The van der Waals surface area contributed by atoms with E-state index in [1.54, 1.807) is 18.2 Å². The Morgan fingerprint density at radius 1 is 1.03 bits per heavy atom. The van der Waals surface area contributed by atoms with Gasteiger partial charge in [0.2, 0.25) is 17.7 Å². The van der Waals surface area contributed by atoms with Crippen LogP contribution in [0.3, 0.4) is 0 Å². The van der Waals surface area contributed by atoms with E-state index in [0.29, 0.717) is 11.6 Å². The lowest BCUT2D eigenvalue weighted by atomic mass is 10.1. The predicted octanol–water partition coefficient (Wildman–Crippen LogP) is 3.26. The average Bonchev–Trinajstić information content (AvgIpc) is 3.30. The number of imide groups is 1. The van der Waals surface area contributed by atoms with Crippen LogP contribution in [0.1, 0.15) is 34.3 Å². The number of hydrogen-bond donors (Lipinski definition) is 1. The van der Waals surface area contributed by atoms with Gasteiger partial charge in [-0.25, -0.2) is 0 Å². The van der Waals surface area contributed by atoms with Crippen molar-refractivity contribution in [3.8, 4) is 11.5 Å². The third-order valence-corrected chi connectivity index (χ3v) is 4.69. The lowest BCUT2D eigenvalue weighted by Crippen LogP contribution is -2.28. The number of aromatic nitrogens is 2. The summed E-state index contributed by atoms with van der Waals surface area (Å²) in [6, 6.07) is 12.1. The van der Waals surface area contributed by atoms with Crippen molar-refractivity contribution < 1.29 is 18.8 Å². The van der Waals surface area contributed by atoms with Gasteiger partial charge in [0, 0.05) is 24.0 Å². The van der Waals surface area contributed by atoms with Crippen LogP contribution in [0, 0.1) is 13.8 Å². The zero-order valence-electron chi connectivity index (χ0n) is 15.9. The maximum absolute atomic E-state index is 12.6. The number of nitrogens with one attached hydrogen (secondary N) is 1. The Labute approximate surface area is 166 Å². The minimum Gasteiger partial charge on any atom is -0.403 e. The van der Waals surface area contributed by atoms with E-state index >= 15 is 0 Å². The molecule has 1 aliphatic rings. The van der Waals surface area contributed by atoms with E-state index in [0.717, 1.165) is 21.6 Å². The van der Waals surface area contributed by atoms with Crippen molar-refractivity contribution in [2.24, 2.45) is 0 Å². The first-order valence-electron chi connectivity index (χ1n) is 9.11. The van der Waals surface area contributed by atoms with Crippen LogP contribution in [0.5, 0.6) is 0 Å². The second kappa shape index (κ2) is 7.31. The third-order valence-electron chi connectivity index (χ3n) is 4.69. The second-order valence-electron chi connectivity index (χ2n) is 6.86. The molecule has 29 heavy (non-hydrogen) atoms. The quantitative estimate of drug-likeness (QED) is 0.686. The van der Waals surface area contributed by atoms with Crippen molar-refractivity contribution in [1.29, 1.82) is 0 Å². The molecule has 8 heteroatoms. The summed E-state index contributed by atoms with van der Waals surface area (Å²) in [5.74, 6) is -0.726. The molecular weight excluding hydrogens is 372 g/mol. The molecule has 1 aromatic heterocycles. The molecule has 1 N–H and O–H groups in total. The fourth-order valence-electron chi connectivity index (χ4n) is 3.17. The molecule has 4 rings (SSSR count). The second-order valence-corrected chi connectivity index (χ2v) is 6.86. The molecule has 3 aromatic rings. The molecule has 8 nitrogen and oxygen atoms in total. The normalized spacial score (nSPS) is 13.8. The number of anilines is 2. The van der Waals surface area contributed by atoms with Gasteiger partial charge < -0.3 is 4.42 Å². The topological polar surface area (TPSA) is 105 Å². The van der Waals surface area contributed by atoms with Crippen molar-refractivity contribution in [1.82, 2.24) is 10.2 Å². The fraction of sp³-hybridized carbons (Fsp3) is 0.190. The van der Waals surface area contributed by atoms with Crippen LogP contribution in [0.15, 0.2) is 46.9 Å². The highest BCUT2D eigenvalue weighted by Crippen LogP contribution is 2.26. The van der Waals surface area contributed by atoms with E-state index in [2.05, 4.69) is 15.5 Å². The van der Waals surface area contributed by atoms with Crippen LogP contribution < -0.4 is 10.2 Å². The zero-order valence-corrected chi connectivity index (χ0v) is 15.9. The van der Waals surface area contributed by atoms with Gasteiger partial charge in [0.05, 0.1) is 5.69 Å². The number of amides is 3. The summed E-state index contributed by atoms with van der Waals surface area (Å²) in [7, 11) is 0. The van der Waals surface area contributed by atoms with E-state index < -0.39 is 5.91 Å². The van der Waals surface area contributed by atoms with Crippen molar-refractivity contribution in [3.63, 3.8) is 0 Å². The smallest absolute Gasteiger partial charge is 0.322 e. The minimum absolute atomic E-state index is 0.0374. The van der Waals surface area contributed by atoms with Gasteiger partial charge in [-0.05, 0) is 43.7 Å².